The van der Waals surface area contributed by atoms with Crippen LogP contribution in [-0.4, -0.2) is 38.5 Å². The van der Waals surface area contributed by atoms with Crippen LogP contribution >= 0.6 is 7.60 Å². The van der Waals surface area contributed by atoms with Crippen molar-refractivity contribution in [3.05, 3.63) is 83.7 Å². The van der Waals surface area contributed by atoms with E-state index >= 15 is 0 Å². The largest absolute Gasteiger partial charge is 0.464 e. The number of aliphatic imine (C=N–C) groups is 1. The number of ether oxygens (including phenoxy) is 1. The molecule has 2 aromatic carbocycles. The lowest BCUT2D eigenvalue weighted by atomic mass is 10.0. The van der Waals surface area contributed by atoms with Gasteiger partial charge in [0.25, 0.3) is 0 Å². The number of hydrogen-bond acceptors (Lipinski definition) is 6. The maximum Gasteiger partial charge on any atom is 0.353 e. The van der Waals surface area contributed by atoms with E-state index in [2.05, 4.69) is 0 Å². The minimum atomic E-state index is -3.31. The van der Waals surface area contributed by atoms with Crippen molar-refractivity contribution in [3.8, 4) is 0 Å². The fourth-order valence-electron chi connectivity index (χ4n) is 2.62. The normalized spacial score (nSPS) is 12.5. The molecular formula is C22H26NO5P. The van der Waals surface area contributed by atoms with E-state index in [1.165, 1.54) is 20.0 Å². The van der Waals surface area contributed by atoms with Crippen LogP contribution in [0.5, 0.6) is 0 Å². The summed E-state index contributed by atoms with van der Waals surface area (Å²) in [5.74, 6) is 0.880. The van der Waals surface area contributed by atoms with Crippen LogP contribution in [0, 0.1) is 0 Å². The molecule has 0 radical (unpaired) electrons. The van der Waals surface area contributed by atoms with Gasteiger partial charge < -0.3 is 13.8 Å². The average Bonchev–Trinajstić information content (AvgIpc) is 2.77. The molecule has 29 heavy (non-hydrogen) atoms. The molecule has 2 rings (SSSR count). The number of rotatable bonds is 10. The molecule has 7 heteroatoms. The fraction of sp³-hybridized carbons (Fsp3) is 0.273. The summed E-state index contributed by atoms with van der Waals surface area (Å²) in [6.07, 6.45) is 1.77. The van der Waals surface area contributed by atoms with Crippen molar-refractivity contribution in [1.29, 1.82) is 0 Å². The molecule has 0 bridgehead atoms. The van der Waals surface area contributed by atoms with Crippen molar-refractivity contribution in [2.45, 2.75) is 19.4 Å². The van der Waals surface area contributed by atoms with Gasteiger partial charge in [0.15, 0.2) is 6.04 Å². The highest BCUT2D eigenvalue weighted by molar-refractivity contribution is 7.57. The summed E-state index contributed by atoms with van der Waals surface area (Å²) in [6, 6.07) is 18.5. The topological polar surface area (TPSA) is 74.2 Å². The molecular weight excluding hydrogens is 389 g/mol. The minimum absolute atomic E-state index is 0.193. The molecule has 6 nitrogen and oxygen atoms in total. The van der Waals surface area contributed by atoms with Crippen molar-refractivity contribution in [2.75, 3.05) is 20.8 Å². The Morgan fingerprint density at radius 1 is 1.00 bits per heavy atom. The lowest BCUT2D eigenvalue weighted by Crippen LogP contribution is -2.23. The van der Waals surface area contributed by atoms with Crippen molar-refractivity contribution in [1.82, 2.24) is 0 Å². The van der Waals surface area contributed by atoms with E-state index in [1.54, 1.807) is 13.0 Å². The molecule has 0 aliphatic carbocycles. The number of esters is 1. The number of nitrogens with zero attached hydrogens (tertiary/aromatic N) is 1. The minimum Gasteiger partial charge on any atom is -0.464 e. The summed E-state index contributed by atoms with van der Waals surface area (Å²) in [5.41, 5.74) is 2.45. The molecule has 0 fully saturated rings. The SMILES string of the molecule is CCOC(=O)C(C/C=C/P(=O)(OC)OC)N=C(c1ccccc1)c1ccccc1. The number of benzene rings is 2. The zero-order valence-electron chi connectivity index (χ0n) is 16.9. The second-order valence-electron chi connectivity index (χ2n) is 6.00. The van der Waals surface area contributed by atoms with Gasteiger partial charge in [0.2, 0.25) is 0 Å². The number of carbonyl (C=O) groups excluding carboxylic acids is 1. The first-order chi connectivity index (χ1) is 14.0. The van der Waals surface area contributed by atoms with Crippen LogP contribution in [0.4, 0.5) is 0 Å². The van der Waals surface area contributed by atoms with Gasteiger partial charge in [-0.15, -0.1) is 0 Å². The summed E-state index contributed by atoms with van der Waals surface area (Å²) >= 11 is 0. The summed E-state index contributed by atoms with van der Waals surface area (Å²) in [7, 11) is -0.706. The highest BCUT2D eigenvalue weighted by Crippen LogP contribution is 2.48. The average molecular weight is 415 g/mol. The van der Waals surface area contributed by atoms with Gasteiger partial charge >= 0.3 is 13.6 Å². The Hall–Kier alpha value is -2.53. The van der Waals surface area contributed by atoms with Gasteiger partial charge in [-0.05, 0) is 13.3 Å². The highest BCUT2D eigenvalue weighted by Gasteiger charge is 2.21. The van der Waals surface area contributed by atoms with E-state index in [9.17, 15) is 9.36 Å². The molecule has 0 saturated heterocycles. The Labute approximate surface area is 171 Å². The van der Waals surface area contributed by atoms with Crippen molar-refractivity contribution in [3.63, 3.8) is 0 Å². The van der Waals surface area contributed by atoms with E-state index in [4.69, 9.17) is 18.8 Å². The third-order valence-electron chi connectivity index (χ3n) is 4.09. The monoisotopic (exact) mass is 415 g/mol. The molecule has 0 aliphatic rings. The molecule has 0 heterocycles. The number of carbonyl (C=O) groups is 1. The van der Waals surface area contributed by atoms with Gasteiger partial charge in [-0.2, -0.15) is 0 Å². The summed E-state index contributed by atoms with van der Waals surface area (Å²) in [6.45, 7) is 1.99. The van der Waals surface area contributed by atoms with Gasteiger partial charge in [-0.1, -0.05) is 66.7 Å². The third-order valence-corrected chi connectivity index (χ3v) is 5.69. The van der Waals surface area contributed by atoms with Crippen LogP contribution in [0.3, 0.4) is 0 Å². The van der Waals surface area contributed by atoms with E-state index in [0.717, 1.165) is 11.1 Å². The molecule has 154 valence electrons. The first kappa shape index (κ1) is 22.8. The van der Waals surface area contributed by atoms with E-state index in [0.29, 0.717) is 5.71 Å². The molecule has 2 aromatic rings. The maximum atomic E-state index is 12.5. The molecule has 1 atom stereocenters. The predicted molar refractivity (Wildman–Crippen MR) is 114 cm³/mol. The zero-order chi connectivity index (χ0) is 21.1. The Morgan fingerprint density at radius 2 is 1.52 bits per heavy atom. The lowest BCUT2D eigenvalue weighted by molar-refractivity contribution is -0.144. The smallest absolute Gasteiger partial charge is 0.353 e. The van der Waals surface area contributed by atoms with Crippen LogP contribution in [0.25, 0.3) is 0 Å². The molecule has 0 saturated carbocycles. The Bertz CT molecular complexity index is 831. The first-order valence-corrected chi connectivity index (χ1v) is 10.9. The lowest BCUT2D eigenvalue weighted by Gasteiger charge is -2.14. The maximum absolute atomic E-state index is 12.5. The fourth-order valence-corrected chi connectivity index (χ4v) is 3.39. The van der Waals surface area contributed by atoms with E-state index in [1.807, 2.05) is 60.7 Å². The van der Waals surface area contributed by atoms with Crippen molar-refractivity contribution >= 4 is 19.3 Å². The first-order valence-electron chi connectivity index (χ1n) is 9.27. The standard InChI is InChI=1S/C22H26NO5P/c1-4-28-22(24)20(16-11-17-29(25,26-2)27-3)23-21(18-12-7-5-8-13-18)19-14-9-6-10-15-19/h5-15,17,20H,4,16H2,1-3H3/b17-11+. The third kappa shape index (κ3) is 6.79. The van der Waals surface area contributed by atoms with Crippen molar-refractivity contribution in [2.24, 2.45) is 4.99 Å². The van der Waals surface area contributed by atoms with Gasteiger partial charge in [0, 0.05) is 31.2 Å². The summed E-state index contributed by atoms with van der Waals surface area (Å²) < 4.78 is 27.2. The second-order valence-corrected chi connectivity index (χ2v) is 8.11. The molecule has 1 unspecified atom stereocenters. The van der Waals surface area contributed by atoms with Gasteiger partial charge in [0.05, 0.1) is 12.3 Å². The van der Waals surface area contributed by atoms with Crippen LogP contribution in [0.1, 0.15) is 24.5 Å². The summed E-state index contributed by atoms with van der Waals surface area (Å²) in [4.78, 5) is 17.3. The van der Waals surface area contributed by atoms with Crippen LogP contribution < -0.4 is 0 Å². The Kier molecular flexibility index (Phi) is 9.00. The molecule has 0 spiro atoms. The van der Waals surface area contributed by atoms with Crippen LogP contribution in [0.15, 0.2) is 77.5 Å². The Morgan fingerprint density at radius 3 is 1.97 bits per heavy atom. The zero-order valence-corrected chi connectivity index (χ0v) is 17.7. The van der Waals surface area contributed by atoms with Crippen molar-refractivity contribution < 1.29 is 23.1 Å². The van der Waals surface area contributed by atoms with Crippen LogP contribution in [0.2, 0.25) is 0 Å². The van der Waals surface area contributed by atoms with Gasteiger partial charge in [-0.25, -0.2) is 4.79 Å². The highest BCUT2D eigenvalue weighted by atomic mass is 31.2. The van der Waals surface area contributed by atoms with E-state index in [-0.39, 0.29) is 13.0 Å². The molecule has 0 aliphatic heterocycles. The molecule has 0 N–H and O–H groups in total. The summed E-state index contributed by atoms with van der Waals surface area (Å²) in [5, 5.41) is 0. The van der Waals surface area contributed by atoms with Gasteiger partial charge in [-0.3, -0.25) is 9.56 Å². The number of hydrogen-bond donors (Lipinski definition) is 0. The second kappa shape index (κ2) is 11.5. The van der Waals surface area contributed by atoms with E-state index < -0.39 is 19.6 Å². The predicted octanol–water partition coefficient (Wildman–Crippen LogP) is 4.85. The molecule has 0 amide bonds. The Balaban J connectivity index is 2.43. The quantitative estimate of drug-likeness (QED) is 0.315. The van der Waals surface area contributed by atoms with Crippen LogP contribution in [-0.2, 0) is 23.1 Å². The van der Waals surface area contributed by atoms with Gasteiger partial charge in [0.1, 0.15) is 0 Å². The molecule has 0 aromatic heterocycles.